The quantitative estimate of drug-likeness (QED) is 0.740. The molecule has 0 aliphatic heterocycles. The Labute approximate surface area is 139 Å². The predicted molar refractivity (Wildman–Crippen MR) is 91.7 cm³/mol. The highest BCUT2D eigenvalue weighted by Crippen LogP contribution is 2.37. The number of aromatic hydroxyl groups is 1. The van der Waals surface area contributed by atoms with Gasteiger partial charge in [0.25, 0.3) is 0 Å². The third kappa shape index (κ3) is 2.60. The molecule has 3 aromatic rings. The number of rotatable bonds is 2. The molecule has 1 N–H and O–H groups in total. The maximum atomic E-state index is 14.7. The Morgan fingerprint density at radius 3 is 2.12 bits per heavy atom. The number of benzene rings is 2. The molecule has 0 saturated carbocycles. The van der Waals surface area contributed by atoms with Crippen LogP contribution < -0.4 is 5.63 Å². The molecule has 24 heavy (non-hydrogen) atoms. The highest BCUT2D eigenvalue weighted by atomic mass is 19.1. The Bertz CT molecular complexity index is 949. The maximum Gasteiger partial charge on any atom is 0.348 e. The lowest BCUT2D eigenvalue weighted by molar-refractivity contribution is 0.402. The van der Waals surface area contributed by atoms with Crippen molar-refractivity contribution in [3.8, 4) is 28.2 Å². The number of hydrogen-bond acceptors (Lipinski definition) is 3. The van der Waals surface area contributed by atoms with Gasteiger partial charge in [-0.05, 0) is 37.5 Å². The summed E-state index contributed by atoms with van der Waals surface area (Å²) in [4.78, 5) is 12.5. The van der Waals surface area contributed by atoms with Crippen LogP contribution in [0, 0.1) is 26.6 Å². The summed E-state index contributed by atoms with van der Waals surface area (Å²) in [6, 6.07) is 12.2. The van der Waals surface area contributed by atoms with Crippen molar-refractivity contribution in [2.75, 3.05) is 0 Å². The van der Waals surface area contributed by atoms with Crippen molar-refractivity contribution >= 4 is 0 Å². The van der Waals surface area contributed by atoms with E-state index < -0.39 is 17.2 Å². The van der Waals surface area contributed by atoms with Crippen molar-refractivity contribution in [1.82, 2.24) is 0 Å². The van der Waals surface area contributed by atoms with Gasteiger partial charge in [0.2, 0.25) is 5.82 Å². The molecule has 3 rings (SSSR count). The van der Waals surface area contributed by atoms with Crippen LogP contribution in [0.1, 0.15) is 16.7 Å². The molecule has 0 saturated heterocycles. The zero-order valence-corrected chi connectivity index (χ0v) is 13.7. The van der Waals surface area contributed by atoms with Crippen LogP contribution in [0.2, 0.25) is 0 Å². The lowest BCUT2D eigenvalue weighted by Crippen LogP contribution is -2.08. The van der Waals surface area contributed by atoms with Crippen LogP contribution in [0.15, 0.2) is 51.7 Å². The fraction of sp³-hybridized carbons (Fsp3) is 0.150. The standard InChI is InChI=1S/C20H17FO3/c1-11-9-12(2)15(13(3)10-11)16-18(22)17(21)19(24-20(16)23)14-7-5-4-6-8-14/h4-10,22H,1-3H3. The van der Waals surface area contributed by atoms with Gasteiger partial charge in [0.15, 0.2) is 11.5 Å². The molecule has 0 fully saturated rings. The van der Waals surface area contributed by atoms with E-state index >= 15 is 0 Å². The van der Waals surface area contributed by atoms with Gasteiger partial charge >= 0.3 is 5.63 Å². The highest BCUT2D eigenvalue weighted by Gasteiger charge is 2.24. The van der Waals surface area contributed by atoms with Crippen LogP contribution in [0.25, 0.3) is 22.5 Å². The summed E-state index contributed by atoms with van der Waals surface area (Å²) in [7, 11) is 0. The zero-order chi connectivity index (χ0) is 17.4. The molecule has 3 nitrogen and oxygen atoms in total. The first kappa shape index (κ1) is 16.0. The second-order valence-electron chi connectivity index (χ2n) is 5.90. The maximum absolute atomic E-state index is 14.7. The Kier molecular flexibility index (Phi) is 3.97. The molecule has 2 aromatic carbocycles. The average molecular weight is 324 g/mol. The van der Waals surface area contributed by atoms with Gasteiger partial charge in [-0.15, -0.1) is 0 Å². The van der Waals surface area contributed by atoms with Gasteiger partial charge in [0.1, 0.15) is 5.56 Å². The minimum absolute atomic E-state index is 0.137. The van der Waals surface area contributed by atoms with Gasteiger partial charge in [-0.2, -0.15) is 4.39 Å². The SMILES string of the molecule is Cc1cc(C)c(-c2c(O)c(F)c(-c3ccccc3)oc2=O)c(C)c1. The highest BCUT2D eigenvalue weighted by molar-refractivity contribution is 5.77. The van der Waals surface area contributed by atoms with E-state index in [0.717, 1.165) is 16.7 Å². The summed E-state index contributed by atoms with van der Waals surface area (Å²) >= 11 is 0. The van der Waals surface area contributed by atoms with Gasteiger partial charge in [0, 0.05) is 5.56 Å². The molecule has 0 spiro atoms. The van der Waals surface area contributed by atoms with Crippen LogP contribution >= 0.6 is 0 Å². The van der Waals surface area contributed by atoms with Crippen LogP contribution in [-0.2, 0) is 0 Å². The first-order valence-corrected chi connectivity index (χ1v) is 7.59. The molecule has 0 aliphatic carbocycles. The van der Waals surface area contributed by atoms with Gasteiger partial charge in [-0.25, -0.2) is 4.79 Å². The monoisotopic (exact) mass is 324 g/mol. The zero-order valence-electron chi connectivity index (χ0n) is 13.7. The second kappa shape index (κ2) is 5.96. The van der Waals surface area contributed by atoms with Gasteiger partial charge in [0.05, 0.1) is 0 Å². The van der Waals surface area contributed by atoms with Crippen molar-refractivity contribution in [2.24, 2.45) is 0 Å². The minimum Gasteiger partial charge on any atom is -0.504 e. The average Bonchev–Trinajstić information content (AvgIpc) is 2.54. The molecular formula is C20H17FO3. The van der Waals surface area contributed by atoms with E-state index in [4.69, 9.17) is 4.42 Å². The summed E-state index contributed by atoms with van der Waals surface area (Å²) in [5, 5.41) is 10.4. The van der Waals surface area contributed by atoms with E-state index in [-0.39, 0.29) is 11.3 Å². The predicted octanol–water partition coefficient (Wildman–Crippen LogP) is 4.74. The van der Waals surface area contributed by atoms with Crippen LogP contribution in [0.5, 0.6) is 5.75 Å². The minimum atomic E-state index is -0.935. The molecular weight excluding hydrogens is 307 g/mol. The fourth-order valence-corrected chi connectivity index (χ4v) is 3.07. The van der Waals surface area contributed by atoms with Gasteiger partial charge < -0.3 is 9.52 Å². The van der Waals surface area contributed by atoms with E-state index in [0.29, 0.717) is 11.1 Å². The van der Waals surface area contributed by atoms with Crippen molar-refractivity contribution < 1.29 is 13.9 Å². The summed E-state index contributed by atoms with van der Waals surface area (Å²) in [5.74, 6) is -1.88. The second-order valence-corrected chi connectivity index (χ2v) is 5.90. The third-order valence-electron chi connectivity index (χ3n) is 4.01. The summed E-state index contributed by atoms with van der Waals surface area (Å²) in [6.45, 7) is 5.57. The van der Waals surface area contributed by atoms with Crippen LogP contribution in [0.3, 0.4) is 0 Å². The molecule has 122 valence electrons. The van der Waals surface area contributed by atoms with Gasteiger partial charge in [-0.3, -0.25) is 0 Å². The molecule has 0 unspecified atom stereocenters. The molecule has 1 aromatic heterocycles. The van der Waals surface area contributed by atoms with E-state index in [9.17, 15) is 14.3 Å². The Morgan fingerprint density at radius 1 is 0.958 bits per heavy atom. The first-order chi connectivity index (χ1) is 11.4. The Hall–Kier alpha value is -2.88. The molecule has 1 heterocycles. The Balaban J connectivity index is 2.30. The largest absolute Gasteiger partial charge is 0.504 e. The third-order valence-corrected chi connectivity index (χ3v) is 4.01. The van der Waals surface area contributed by atoms with E-state index in [1.165, 1.54) is 0 Å². The van der Waals surface area contributed by atoms with Crippen LogP contribution in [0.4, 0.5) is 4.39 Å². The van der Waals surface area contributed by atoms with E-state index in [1.807, 2.05) is 32.9 Å². The molecule has 4 heteroatoms. The summed E-state index contributed by atoms with van der Waals surface area (Å²) < 4.78 is 19.9. The normalized spacial score (nSPS) is 10.8. The molecule has 0 amide bonds. The van der Waals surface area contributed by atoms with Crippen molar-refractivity contribution in [1.29, 1.82) is 0 Å². The van der Waals surface area contributed by atoms with E-state index in [2.05, 4.69) is 0 Å². The number of aryl methyl sites for hydroxylation is 3. The van der Waals surface area contributed by atoms with Gasteiger partial charge in [-0.1, -0.05) is 48.0 Å². The van der Waals surface area contributed by atoms with Crippen molar-refractivity contribution in [3.63, 3.8) is 0 Å². The lowest BCUT2D eigenvalue weighted by Gasteiger charge is -2.13. The number of halogens is 1. The fourth-order valence-electron chi connectivity index (χ4n) is 3.07. The number of hydrogen-bond donors (Lipinski definition) is 1. The smallest absolute Gasteiger partial charge is 0.348 e. The molecule has 0 radical (unpaired) electrons. The molecule has 0 aliphatic rings. The molecule has 0 atom stereocenters. The lowest BCUT2D eigenvalue weighted by atomic mass is 9.94. The van der Waals surface area contributed by atoms with E-state index in [1.54, 1.807) is 30.3 Å². The molecule has 0 bridgehead atoms. The summed E-state index contributed by atoms with van der Waals surface area (Å²) in [5.41, 5.74) is 2.59. The topological polar surface area (TPSA) is 50.4 Å². The summed E-state index contributed by atoms with van der Waals surface area (Å²) in [6.07, 6.45) is 0. The van der Waals surface area contributed by atoms with Crippen LogP contribution in [-0.4, -0.2) is 5.11 Å². The Morgan fingerprint density at radius 2 is 1.54 bits per heavy atom. The van der Waals surface area contributed by atoms with Crippen molar-refractivity contribution in [3.05, 3.63) is 75.4 Å². The first-order valence-electron chi connectivity index (χ1n) is 7.59. The van der Waals surface area contributed by atoms with Crippen molar-refractivity contribution in [2.45, 2.75) is 20.8 Å².